The molecule has 0 rings (SSSR count). The molecule has 0 aromatic carbocycles. The predicted molar refractivity (Wildman–Crippen MR) is 284 cm³/mol. The van der Waals surface area contributed by atoms with Crippen molar-refractivity contribution in [1.82, 2.24) is 0 Å². The van der Waals surface area contributed by atoms with Gasteiger partial charge in [0.05, 0.1) is 0 Å². The third-order valence-electron chi connectivity index (χ3n) is 13.8. The number of hydrogen-bond acceptors (Lipinski definition) is 6. The van der Waals surface area contributed by atoms with Crippen molar-refractivity contribution in [2.45, 2.75) is 348 Å². The zero-order valence-electron chi connectivity index (χ0n) is 45.2. The first-order valence-corrected chi connectivity index (χ1v) is 29.9. The van der Waals surface area contributed by atoms with Gasteiger partial charge in [0.1, 0.15) is 13.2 Å². The smallest absolute Gasteiger partial charge is 0.306 e. The first-order valence-electron chi connectivity index (χ1n) is 29.9. The molecule has 0 radical (unpaired) electrons. The van der Waals surface area contributed by atoms with Gasteiger partial charge in [-0.15, -0.1) is 0 Å². The molecule has 0 aliphatic rings. The molecule has 0 aromatic rings. The number of esters is 3. The van der Waals surface area contributed by atoms with Gasteiger partial charge in [-0.3, -0.25) is 14.4 Å². The van der Waals surface area contributed by atoms with E-state index in [9.17, 15) is 14.4 Å². The van der Waals surface area contributed by atoms with Gasteiger partial charge in [-0.25, -0.2) is 0 Å². The monoisotopic (exact) mass is 933 g/mol. The van der Waals surface area contributed by atoms with Crippen LogP contribution in [0.4, 0.5) is 0 Å². The Morgan fingerprint density at radius 2 is 0.500 bits per heavy atom. The summed E-state index contributed by atoms with van der Waals surface area (Å²) in [6, 6.07) is 0. The van der Waals surface area contributed by atoms with Gasteiger partial charge in [-0.1, -0.05) is 304 Å². The summed E-state index contributed by atoms with van der Waals surface area (Å²) in [5.74, 6) is 0.0113. The second-order valence-corrected chi connectivity index (χ2v) is 21.1. The molecule has 0 N–H and O–H groups in total. The Kier molecular flexibility index (Phi) is 53.0. The fraction of sp³-hybridized carbons (Fsp3) is 0.950. The minimum atomic E-state index is -0.762. The summed E-state index contributed by atoms with van der Waals surface area (Å²) in [6.45, 7) is 9.07. The zero-order valence-corrected chi connectivity index (χ0v) is 45.2. The molecule has 0 bridgehead atoms. The summed E-state index contributed by atoms with van der Waals surface area (Å²) in [5, 5.41) is 0. The van der Waals surface area contributed by atoms with Crippen LogP contribution in [0.5, 0.6) is 0 Å². The Balaban J connectivity index is 4.26. The van der Waals surface area contributed by atoms with Crippen molar-refractivity contribution >= 4 is 17.9 Å². The van der Waals surface area contributed by atoms with Crippen LogP contribution in [0.2, 0.25) is 0 Å². The highest BCUT2D eigenvalue weighted by molar-refractivity contribution is 5.71. The van der Waals surface area contributed by atoms with Crippen molar-refractivity contribution in [2.75, 3.05) is 13.2 Å². The lowest BCUT2D eigenvalue weighted by molar-refractivity contribution is -0.167. The second kappa shape index (κ2) is 54.4. The minimum absolute atomic E-state index is 0.0617. The fourth-order valence-electron chi connectivity index (χ4n) is 9.28. The van der Waals surface area contributed by atoms with Gasteiger partial charge in [0.2, 0.25) is 0 Å². The summed E-state index contributed by atoms with van der Waals surface area (Å²) in [4.78, 5) is 38.2. The van der Waals surface area contributed by atoms with E-state index < -0.39 is 6.10 Å². The maximum atomic E-state index is 12.9. The first kappa shape index (κ1) is 64.4. The highest BCUT2D eigenvalue weighted by atomic mass is 16.6. The van der Waals surface area contributed by atoms with Gasteiger partial charge in [0.25, 0.3) is 0 Å². The molecule has 0 spiro atoms. The zero-order chi connectivity index (χ0) is 48.1. The maximum absolute atomic E-state index is 12.9. The molecule has 0 saturated heterocycles. The lowest BCUT2D eigenvalue weighted by atomic mass is 10.0. The van der Waals surface area contributed by atoms with Crippen molar-refractivity contribution in [3.05, 3.63) is 0 Å². The summed E-state index contributed by atoms with van der Waals surface area (Å²) in [6.07, 6.45) is 59.5. The SMILES string of the molecule is CCCCCCCCCCCCCCCCCCCCCC(=O)O[C@@H](COC(=O)CCCCCCCCCCCCCC)COC(=O)CCCCCCCCCCCCCCCCC(C)C. The Morgan fingerprint density at radius 3 is 0.742 bits per heavy atom. The van der Waals surface area contributed by atoms with Crippen molar-refractivity contribution < 1.29 is 28.6 Å². The van der Waals surface area contributed by atoms with Crippen LogP contribution < -0.4 is 0 Å². The van der Waals surface area contributed by atoms with Crippen LogP contribution in [0, 0.1) is 5.92 Å². The van der Waals surface area contributed by atoms with Crippen LogP contribution in [0.3, 0.4) is 0 Å². The van der Waals surface area contributed by atoms with Crippen molar-refractivity contribution in [1.29, 1.82) is 0 Å². The van der Waals surface area contributed by atoms with Gasteiger partial charge < -0.3 is 14.2 Å². The van der Waals surface area contributed by atoms with Crippen molar-refractivity contribution in [3.63, 3.8) is 0 Å². The average Bonchev–Trinajstić information content (AvgIpc) is 3.30. The molecule has 6 heteroatoms. The lowest BCUT2D eigenvalue weighted by Crippen LogP contribution is -2.30. The Bertz CT molecular complexity index is 996. The molecule has 6 nitrogen and oxygen atoms in total. The molecule has 66 heavy (non-hydrogen) atoms. The minimum Gasteiger partial charge on any atom is -0.462 e. The number of rotatable bonds is 55. The molecule has 1 atom stereocenters. The Hall–Kier alpha value is -1.59. The molecule has 0 amide bonds. The maximum Gasteiger partial charge on any atom is 0.306 e. The Morgan fingerprint density at radius 1 is 0.288 bits per heavy atom. The molecule has 0 saturated carbocycles. The molecular formula is C60H116O6. The summed E-state index contributed by atoms with van der Waals surface area (Å²) >= 11 is 0. The van der Waals surface area contributed by atoms with Gasteiger partial charge in [-0.2, -0.15) is 0 Å². The molecule has 0 heterocycles. The number of carbonyl (C=O) groups excluding carboxylic acids is 3. The molecular weight excluding hydrogens is 817 g/mol. The van der Waals surface area contributed by atoms with E-state index in [1.54, 1.807) is 0 Å². The van der Waals surface area contributed by atoms with Crippen molar-refractivity contribution in [2.24, 2.45) is 5.92 Å². The van der Waals surface area contributed by atoms with Crippen LogP contribution in [-0.4, -0.2) is 37.2 Å². The highest BCUT2D eigenvalue weighted by Gasteiger charge is 2.19. The fourth-order valence-corrected chi connectivity index (χ4v) is 9.28. The van der Waals surface area contributed by atoms with Crippen LogP contribution >= 0.6 is 0 Å². The van der Waals surface area contributed by atoms with Crippen LogP contribution in [-0.2, 0) is 28.6 Å². The summed E-state index contributed by atoms with van der Waals surface area (Å²) in [5.41, 5.74) is 0. The molecule has 0 aliphatic carbocycles. The average molecular weight is 934 g/mol. The van der Waals surface area contributed by atoms with E-state index in [-0.39, 0.29) is 31.1 Å². The van der Waals surface area contributed by atoms with Crippen LogP contribution in [0.25, 0.3) is 0 Å². The first-order chi connectivity index (χ1) is 32.4. The van der Waals surface area contributed by atoms with E-state index in [4.69, 9.17) is 14.2 Å². The lowest BCUT2D eigenvalue weighted by Gasteiger charge is -2.18. The molecule has 0 fully saturated rings. The van der Waals surface area contributed by atoms with Crippen LogP contribution in [0.1, 0.15) is 342 Å². The molecule has 0 aliphatic heterocycles. The van der Waals surface area contributed by atoms with Gasteiger partial charge in [-0.05, 0) is 25.2 Å². The van der Waals surface area contributed by atoms with E-state index in [1.807, 2.05) is 0 Å². The summed E-state index contributed by atoms with van der Waals surface area (Å²) in [7, 11) is 0. The molecule has 0 unspecified atom stereocenters. The topological polar surface area (TPSA) is 78.9 Å². The van der Waals surface area contributed by atoms with E-state index in [0.717, 1.165) is 63.7 Å². The quantitative estimate of drug-likeness (QED) is 0.0343. The number of ether oxygens (including phenoxy) is 3. The number of unbranched alkanes of at least 4 members (excludes halogenated alkanes) is 42. The van der Waals surface area contributed by atoms with Gasteiger partial charge in [0.15, 0.2) is 6.10 Å². The molecule has 392 valence electrons. The van der Waals surface area contributed by atoms with E-state index in [0.29, 0.717) is 19.3 Å². The highest BCUT2D eigenvalue weighted by Crippen LogP contribution is 2.18. The standard InChI is InChI=1S/C60H116O6/c1-5-7-9-11-13-15-17-19-20-21-22-23-24-29-33-37-41-45-49-53-60(63)66-57(54-64-58(61)51-47-43-39-35-31-18-16-14-12-10-8-6-2)55-65-59(62)52-48-44-40-36-32-28-26-25-27-30-34-38-42-46-50-56(3)4/h56-57H,5-55H2,1-4H3/t57-/m0/s1. The third kappa shape index (κ3) is 53.4. The summed E-state index contributed by atoms with van der Waals surface area (Å²) < 4.78 is 16.9. The van der Waals surface area contributed by atoms with E-state index in [2.05, 4.69) is 27.7 Å². The van der Waals surface area contributed by atoms with E-state index >= 15 is 0 Å². The predicted octanol–water partition coefficient (Wildman–Crippen LogP) is 19.8. The van der Waals surface area contributed by atoms with Gasteiger partial charge in [0, 0.05) is 19.3 Å². The second-order valence-electron chi connectivity index (χ2n) is 21.1. The third-order valence-corrected chi connectivity index (χ3v) is 13.8. The van der Waals surface area contributed by atoms with Crippen LogP contribution in [0.15, 0.2) is 0 Å². The van der Waals surface area contributed by atoms with Crippen molar-refractivity contribution in [3.8, 4) is 0 Å². The number of hydrogen-bond donors (Lipinski definition) is 0. The molecule has 0 aromatic heterocycles. The van der Waals surface area contributed by atoms with Gasteiger partial charge >= 0.3 is 17.9 Å². The van der Waals surface area contributed by atoms with E-state index in [1.165, 1.54) is 238 Å². The Labute approximate surface area is 412 Å². The normalized spacial score (nSPS) is 12.0. The number of carbonyl (C=O) groups is 3. The largest absolute Gasteiger partial charge is 0.462 e.